The summed E-state index contributed by atoms with van der Waals surface area (Å²) in [5.41, 5.74) is 5.30. The molecule has 3 nitrogen and oxygen atoms in total. The third-order valence-electron chi connectivity index (χ3n) is 6.70. The van der Waals surface area contributed by atoms with Crippen LogP contribution in [0.15, 0.2) is 42.5 Å². The van der Waals surface area contributed by atoms with E-state index in [1.807, 2.05) is 0 Å². The summed E-state index contributed by atoms with van der Waals surface area (Å²) in [5.74, 6) is 1.10. The zero-order valence-corrected chi connectivity index (χ0v) is 16.2. The molecule has 0 bridgehead atoms. The standard InChI is InChI=1S/C24H29NO2/c1-18-2-4-19(5-3-18)20-6-7-23-21(16-20)17-24(27-23)10-12-25(13-11-24)22-8-14-26-15-9-22/h2-7,16,22H,8-15,17H2,1H3. The van der Waals surface area contributed by atoms with Gasteiger partial charge in [-0.2, -0.15) is 0 Å². The van der Waals surface area contributed by atoms with E-state index in [2.05, 4.69) is 54.3 Å². The molecular formula is C24H29NO2. The Hall–Kier alpha value is -1.84. The molecule has 2 aromatic carbocycles. The zero-order valence-electron chi connectivity index (χ0n) is 16.2. The van der Waals surface area contributed by atoms with Crippen LogP contribution < -0.4 is 4.74 Å². The Kier molecular flexibility index (Phi) is 4.45. The maximum absolute atomic E-state index is 6.53. The Morgan fingerprint density at radius 3 is 2.37 bits per heavy atom. The molecule has 2 aromatic rings. The quantitative estimate of drug-likeness (QED) is 0.778. The first-order valence-electron chi connectivity index (χ1n) is 10.4. The highest BCUT2D eigenvalue weighted by molar-refractivity contribution is 5.66. The molecule has 3 aliphatic heterocycles. The van der Waals surface area contributed by atoms with E-state index in [0.717, 1.165) is 51.3 Å². The predicted octanol–water partition coefficient (Wildman–Crippen LogP) is 4.61. The van der Waals surface area contributed by atoms with E-state index in [0.29, 0.717) is 6.04 Å². The second-order valence-corrected chi connectivity index (χ2v) is 8.53. The lowest BCUT2D eigenvalue weighted by Crippen LogP contribution is -2.51. The van der Waals surface area contributed by atoms with Crippen molar-refractivity contribution in [1.29, 1.82) is 0 Å². The van der Waals surface area contributed by atoms with Gasteiger partial charge >= 0.3 is 0 Å². The fourth-order valence-corrected chi connectivity index (χ4v) is 4.98. The Balaban J connectivity index is 1.29. The van der Waals surface area contributed by atoms with Crippen molar-refractivity contribution in [2.24, 2.45) is 0 Å². The van der Waals surface area contributed by atoms with Gasteiger partial charge in [0.2, 0.25) is 0 Å². The van der Waals surface area contributed by atoms with Gasteiger partial charge in [-0.25, -0.2) is 0 Å². The first-order valence-corrected chi connectivity index (χ1v) is 10.4. The maximum Gasteiger partial charge on any atom is 0.123 e. The normalized spacial score (nSPS) is 22.6. The molecule has 0 atom stereocenters. The van der Waals surface area contributed by atoms with Gasteiger partial charge in [0, 0.05) is 51.6 Å². The van der Waals surface area contributed by atoms with E-state index in [-0.39, 0.29) is 5.60 Å². The number of hydrogen-bond donors (Lipinski definition) is 0. The minimum Gasteiger partial charge on any atom is -0.487 e. The molecular weight excluding hydrogens is 334 g/mol. The summed E-state index contributed by atoms with van der Waals surface area (Å²) in [5, 5.41) is 0. The highest BCUT2D eigenvalue weighted by atomic mass is 16.5. The summed E-state index contributed by atoms with van der Waals surface area (Å²) in [4.78, 5) is 2.68. The molecule has 27 heavy (non-hydrogen) atoms. The van der Waals surface area contributed by atoms with Crippen LogP contribution in [0.3, 0.4) is 0 Å². The van der Waals surface area contributed by atoms with Gasteiger partial charge in [0.1, 0.15) is 11.4 Å². The van der Waals surface area contributed by atoms with Crippen LogP contribution in [0.25, 0.3) is 11.1 Å². The first kappa shape index (κ1) is 17.3. The molecule has 5 rings (SSSR count). The molecule has 2 saturated heterocycles. The van der Waals surface area contributed by atoms with Crippen LogP contribution >= 0.6 is 0 Å². The number of fused-ring (bicyclic) bond motifs is 1. The van der Waals surface area contributed by atoms with Gasteiger partial charge in [-0.05, 0) is 48.6 Å². The van der Waals surface area contributed by atoms with Gasteiger partial charge < -0.3 is 9.47 Å². The van der Waals surface area contributed by atoms with Crippen molar-refractivity contribution < 1.29 is 9.47 Å². The number of rotatable bonds is 2. The minimum absolute atomic E-state index is 0.0237. The van der Waals surface area contributed by atoms with E-state index in [9.17, 15) is 0 Å². The molecule has 142 valence electrons. The molecule has 3 aliphatic rings. The van der Waals surface area contributed by atoms with Crippen molar-refractivity contribution >= 4 is 0 Å². The summed E-state index contributed by atoms with van der Waals surface area (Å²) in [7, 11) is 0. The molecule has 0 aliphatic carbocycles. The van der Waals surface area contributed by atoms with Crippen LogP contribution in [0.2, 0.25) is 0 Å². The largest absolute Gasteiger partial charge is 0.487 e. The van der Waals surface area contributed by atoms with Crippen molar-refractivity contribution in [3.8, 4) is 16.9 Å². The molecule has 0 saturated carbocycles. The van der Waals surface area contributed by atoms with Crippen molar-refractivity contribution in [1.82, 2.24) is 4.90 Å². The van der Waals surface area contributed by atoms with E-state index in [1.54, 1.807) is 0 Å². The Morgan fingerprint density at radius 1 is 0.926 bits per heavy atom. The second-order valence-electron chi connectivity index (χ2n) is 8.53. The second kappa shape index (κ2) is 6.96. The molecule has 1 spiro atoms. The van der Waals surface area contributed by atoms with Gasteiger partial charge in [0.05, 0.1) is 0 Å². The average Bonchev–Trinajstić information content (AvgIpc) is 3.06. The monoisotopic (exact) mass is 363 g/mol. The molecule has 0 N–H and O–H groups in total. The van der Waals surface area contributed by atoms with Crippen molar-refractivity contribution in [2.75, 3.05) is 26.3 Å². The minimum atomic E-state index is 0.0237. The smallest absolute Gasteiger partial charge is 0.123 e. The van der Waals surface area contributed by atoms with Crippen LogP contribution in [0.4, 0.5) is 0 Å². The molecule has 0 amide bonds. The molecule has 0 unspecified atom stereocenters. The van der Waals surface area contributed by atoms with Crippen LogP contribution in [0.5, 0.6) is 5.75 Å². The van der Waals surface area contributed by atoms with Gasteiger partial charge in [0.15, 0.2) is 0 Å². The predicted molar refractivity (Wildman–Crippen MR) is 108 cm³/mol. The number of ether oxygens (including phenoxy) is 2. The van der Waals surface area contributed by atoms with E-state index >= 15 is 0 Å². The Bertz CT molecular complexity index is 800. The number of nitrogens with zero attached hydrogens (tertiary/aromatic N) is 1. The lowest BCUT2D eigenvalue weighted by atomic mass is 9.85. The zero-order chi connectivity index (χ0) is 18.3. The number of piperidine rings is 1. The van der Waals surface area contributed by atoms with Crippen LogP contribution in [0.1, 0.15) is 36.8 Å². The Morgan fingerprint density at radius 2 is 1.63 bits per heavy atom. The van der Waals surface area contributed by atoms with Gasteiger partial charge in [-0.15, -0.1) is 0 Å². The summed E-state index contributed by atoms with van der Waals surface area (Å²) in [6.45, 7) is 6.30. The SMILES string of the molecule is Cc1ccc(-c2ccc3c(c2)CC2(CCN(C4CCOCC4)CC2)O3)cc1. The van der Waals surface area contributed by atoms with Gasteiger partial charge in [-0.1, -0.05) is 35.9 Å². The van der Waals surface area contributed by atoms with Crippen molar-refractivity contribution in [3.63, 3.8) is 0 Å². The lowest BCUT2D eigenvalue weighted by Gasteiger charge is -2.43. The maximum atomic E-state index is 6.53. The molecule has 3 heteroatoms. The highest BCUT2D eigenvalue weighted by Crippen LogP contribution is 2.43. The molecule has 3 heterocycles. The van der Waals surface area contributed by atoms with E-state index in [1.165, 1.54) is 35.1 Å². The van der Waals surface area contributed by atoms with Crippen LogP contribution in [-0.2, 0) is 11.2 Å². The van der Waals surface area contributed by atoms with E-state index in [4.69, 9.17) is 9.47 Å². The van der Waals surface area contributed by atoms with Crippen molar-refractivity contribution in [2.45, 2.75) is 50.7 Å². The third-order valence-corrected chi connectivity index (χ3v) is 6.70. The van der Waals surface area contributed by atoms with E-state index < -0.39 is 0 Å². The summed E-state index contributed by atoms with van der Waals surface area (Å²) < 4.78 is 12.1. The van der Waals surface area contributed by atoms with Crippen LogP contribution in [0, 0.1) is 6.92 Å². The number of aryl methyl sites for hydroxylation is 1. The van der Waals surface area contributed by atoms with Gasteiger partial charge in [-0.3, -0.25) is 4.90 Å². The highest BCUT2D eigenvalue weighted by Gasteiger charge is 2.43. The fourth-order valence-electron chi connectivity index (χ4n) is 4.98. The molecule has 2 fully saturated rings. The number of benzene rings is 2. The Labute approximate surface area is 162 Å². The summed E-state index contributed by atoms with van der Waals surface area (Å²) in [6.07, 6.45) is 5.71. The van der Waals surface area contributed by atoms with Crippen molar-refractivity contribution in [3.05, 3.63) is 53.6 Å². The average molecular weight is 364 g/mol. The lowest BCUT2D eigenvalue weighted by molar-refractivity contribution is -0.0215. The third kappa shape index (κ3) is 3.39. The topological polar surface area (TPSA) is 21.7 Å². The fraction of sp³-hybridized carbons (Fsp3) is 0.500. The molecule has 0 aromatic heterocycles. The van der Waals surface area contributed by atoms with Gasteiger partial charge in [0.25, 0.3) is 0 Å². The van der Waals surface area contributed by atoms with Crippen LogP contribution in [-0.4, -0.2) is 42.8 Å². The number of likely N-dealkylation sites (tertiary alicyclic amines) is 1. The summed E-state index contributed by atoms with van der Waals surface area (Å²) >= 11 is 0. The first-order chi connectivity index (χ1) is 13.2. The molecule has 0 radical (unpaired) electrons. The summed E-state index contributed by atoms with van der Waals surface area (Å²) in [6, 6.07) is 16.3. The number of hydrogen-bond acceptors (Lipinski definition) is 3.